The predicted octanol–water partition coefficient (Wildman–Crippen LogP) is 2.36. The highest BCUT2D eigenvalue weighted by Crippen LogP contribution is 2.35. The van der Waals surface area contributed by atoms with Crippen LogP contribution in [0.1, 0.15) is 5.69 Å². The number of nitrogens with zero attached hydrogens (tertiary/aromatic N) is 5. The van der Waals surface area contributed by atoms with E-state index in [0.29, 0.717) is 30.2 Å². The number of benzene rings is 1. The van der Waals surface area contributed by atoms with Gasteiger partial charge in [-0.15, -0.1) is 11.5 Å². The van der Waals surface area contributed by atoms with Gasteiger partial charge in [-0.3, -0.25) is 4.90 Å². The van der Waals surface area contributed by atoms with Gasteiger partial charge in [-0.2, -0.15) is 0 Å². The molecule has 4 rings (SSSR count). The van der Waals surface area contributed by atoms with Crippen LogP contribution in [-0.4, -0.2) is 45.8 Å². The number of hydrogen-bond donors (Lipinski definition) is 0. The van der Waals surface area contributed by atoms with Gasteiger partial charge in [0.25, 0.3) is 0 Å². The van der Waals surface area contributed by atoms with E-state index in [2.05, 4.69) is 21.2 Å². The summed E-state index contributed by atoms with van der Waals surface area (Å²) in [5.74, 6) is 3.06. The zero-order chi connectivity index (χ0) is 19.5. The lowest BCUT2D eigenvalue weighted by Gasteiger charge is -2.17. The van der Waals surface area contributed by atoms with Crippen LogP contribution in [-0.2, 0) is 11.3 Å². The predicted molar refractivity (Wildman–Crippen MR) is 102 cm³/mol. The van der Waals surface area contributed by atoms with Gasteiger partial charge in [-0.05, 0) is 23.8 Å². The number of terminal acetylenes is 1. The molecule has 1 atom stereocenters. The average molecular weight is 375 g/mol. The van der Waals surface area contributed by atoms with E-state index in [9.17, 15) is 4.79 Å². The number of methoxy groups -OCH3 is 1. The number of amides is 1. The van der Waals surface area contributed by atoms with Crippen LogP contribution < -0.4 is 9.64 Å². The molecule has 8 heteroatoms. The fourth-order valence-electron chi connectivity index (χ4n) is 3.08. The molecule has 0 aliphatic carbocycles. The van der Waals surface area contributed by atoms with Gasteiger partial charge in [0.05, 0.1) is 32.1 Å². The molecule has 1 fully saturated rings. The summed E-state index contributed by atoms with van der Waals surface area (Å²) < 4.78 is 12.6. The van der Waals surface area contributed by atoms with Crippen molar-refractivity contribution in [2.24, 2.45) is 0 Å². The van der Waals surface area contributed by atoms with Crippen molar-refractivity contribution in [1.29, 1.82) is 0 Å². The molecular weight excluding hydrogens is 358 g/mol. The molecule has 1 aromatic carbocycles. The van der Waals surface area contributed by atoms with Crippen LogP contribution in [0.2, 0.25) is 0 Å². The first kappa shape index (κ1) is 17.5. The van der Waals surface area contributed by atoms with E-state index in [1.165, 1.54) is 0 Å². The first-order valence-electron chi connectivity index (χ1n) is 8.61. The smallest absolute Gasteiger partial charge is 0.414 e. The monoisotopic (exact) mass is 375 g/mol. The first-order valence-corrected chi connectivity index (χ1v) is 8.61. The number of hydrogen-bond acceptors (Lipinski definition) is 6. The van der Waals surface area contributed by atoms with E-state index in [1.807, 2.05) is 24.3 Å². The summed E-state index contributed by atoms with van der Waals surface area (Å²) in [4.78, 5) is 18.2. The lowest BCUT2D eigenvalue weighted by Crippen LogP contribution is -2.26. The van der Waals surface area contributed by atoms with Crippen molar-refractivity contribution in [3.63, 3.8) is 0 Å². The number of aromatic nitrogens is 4. The van der Waals surface area contributed by atoms with E-state index in [4.69, 9.17) is 15.9 Å². The van der Waals surface area contributed by atoms with Gasteiger partial charge in [-0.25, -0.2) is 14.5 Å². The molecule has 28 heavy (non-hydrogen) atoms. The van der Waals surface area contributed by atoms with Crippen molar-refractivity contribution >= 4 is 11.8 Å². The third-order valence-electron chi connectivity index (χ3n) is 4.45. The lowest BCUT2D eigenvalue weighted by atomic mass is 10.1. The third kappa shape index (κ3) is 3.38. The van der Waals surface area contributed by atoms with E-state index in [0.717, 1.165) is 11.1 Å². The largest absolute Gasteiger partial charge is 0.495 e. The highest BCUT2D eigenvalue weighted by molar-refractivity contribution is 5.92. The highest BCUT2D eigenvalue weighted by Gasteiger charge is 2.34. The fourth-order valence-corrected chi connectivity index (χ4v) is 3.08. The molecule has 2 aromatic heterocycles. The Labute approximate surface area is 161 Å². The SMILES string of the molecule is C#Cc1ccc(-c2ccc(N3C[C@H](Cn4ccnn4)OC3=O)c(OC)c2)cn1. The Morgan fingerprint density at radius 2 is 2.18 bits per heavy atom. The van der Waals surface area contributed by atoms with Crippen LogP contribution in [0.15, 0.2) is 48.9 Å². The average Bonchev–Trinajstić information content (AvgIpc) is 3.37. The second kappa shape index (κ2) is 7.40. The minimum absolute atomic E-state index is 0.320. The molecule has 0 bridgehead atoms. The Morgan fingerprint density at radius 3 is 2.86 bits per heavy atom. The molecule has 1 saturated heterocycles. The molecule has 3 heterocycles. The Kier molecular flexibility index (Phi) is 4.64. The van der Waals surface area contributed by atoms with Crippen molar-refractivity contribution in [1.82, 2.24) is 20.0 Å². The Hall–Kier alpha value is -3.86. The highest BCUT2D eigenvalue weighted by atomic mass is 16.6. The minimum Gasteiger partial charge on any atom is -0.495 e. The first-order chi connectivity index (χ1) is 13.7. The zero-order valence-electron chi connectivity index (χ0n) is 15.1. The van der Waals surface area contributed by atoms with E-state index in [1.54, 1.807) is 41.3 Å². The number of carbonyl (C=O) groups is 1. The van der Waals surface area contributed by atoms with Crippen molar-refractivity contribution in [3.05, 3.63) is 54.6 Å². The summed E-state index contributed by atoms with van der Waals surface area (Å²) in [6, 6.07) is 9.28. The summed E-state index contributed by atoms with van der Waals surface area (Å²) >= 11 is 0. The van der Waals surface area contributed by atoms with Crippen LogP contribution in [0.3, 0.4) is 0 Å². The second-order valence-corrected chi connectivity index (χ2v) is 6.20. The van der Waals surface area contributed by atoms with Gasteiger partial charge in [0.1, 0.15) is 17.5 Å². The summed E-state index contributed by atoms with van der Waals surface area (Å²) in [5, 5.41) is 7.67. The van der Waals surface area contributed by atoms with Gasteiger partial charge >= 0.3 is 6.09 Å². The van der Waals surface area contributed by atoms with Crippen molar-refractivity contribution < 1.29 is 14.3 Å². The van der Waals surface area contributed by atoms with Gasteiger partial charge in [0.15, 0.2) is 0 Å². The molecule has 0 N–H and O–H groups in total. The Bertz CT molecular complexity index is 1020. The maximum Gasteiger partial charge on any atom is 0.414 e. The number of cyclic esters (lactones) is 1. The number of pyridine rings is 1. The van der Waals surface area contributed by atoms with Crippen molar-refractivity contribution in [2.45, 2.75) is 12.6 Å². The molecule has 0 spiro atoms. The van der Waals surface area contributed by atoms with E-state index < -0.39 is 6.09 Å². The number of rotatable bonds is 5. The topological polar surface area (TPSA) is 82.4 Å². The molecule has 3 aromatic rings. The third-order valence-corrected chi connectivity index (χ3v) is 4.45. The molecule has 0 saturated carbocycles. The Morgan fingerprint density at radius 1 is 1.32 bits per heavy atom. The lowest BCUT2D eigenvalue weighted by molar-refractivity contribution is 0.129. The normalized spacial score (nSPS) is 15.9. The van der Waals surface area contributed by atoms with Gasteiger partial charge in [0.2, 0.25) is 0 Å². The van der Waals surface area contributed by atoms with Gasteiger partial charge in [-0.1, -0.05) is 23.3 Å². The zero-order valence-corrected chi connectivity index (χ0v) is 15.1. The van der Waals surface area contributed by atoms with Crippen LogP contribution in [0, 0.1) is 12.3 Å². The molecular formula is C20H17N5O3. The van der Waals surface area contributed by atoms with Gasteiger partial charge < -0.3 is 9.47 Å². The van der Waals surface area contributed by atoms with Crippen LogP contribution >= 0.6 is 0 Å². The van der Waals surface area contributed by atoms with Crippen molar-refractivity contribution in [3.8, 4) is 29.2 Å². The number of carbonyl (C=O) groups excluding carboxylic acids is 1. The molecule has 0 radical (unpaired) electrons. The molecule has 140 valence electrons. The minimum atomic E-state index is -0.420. The summed E-state index contributed by atoms with van der Waals surface area (Å²) in [5.41, 5.74) is 3.02. The van der Waals surface area contributed by atoms with Gasteiger partial charge in [0, 0.05) is 18.0 Å². The maximum atomic E-state index is 12.4. The summed E-state index contributed by atoms with van der Waals surface area (Å²) in [7, 11) is 1.57. The molecule has 0 unspecified atom stereocenters. The number of anilines is 1. The Balaban J connectivity index is 1.57. The standard InChI is InChI=1S/C20H17N5O3/c1-3-16-6-4-15(11-21-16)14-5-7-18(19(10-14)27-2)25-13-17(28-20(25)26)12-24-9-8-22-23-24/h1,4-11,17H,12-13H2,2H3/t17-/m0/s1. The molecule has 1 amide bonds. The number of ether oxygens (including phenoxy) is 2. The van der Waals surface area contributed by atoms with Crippen LogP contribution in [0.4, 0.5) is 10.5 Å². The van der Waals surface area contributed by atoms with Crippen LogP contribution in [0.25, 0.3) is 11.1 Å². The molecule has 8 nitrogen and oxygen atoms in total. The summed E-state index contributed by atoms with van der Waals surface area (Å²) in [6.45, 7) is 0.836. The van der Waals surface area contributed by atoms with Crippen LogP contribution in [0.5, 0.6) is 5.75 Å². The molecule has 1 aliphatic rings. The fraction of sp³-hybridized carbons (Fsp3) is 0.200. The molecule has 1 aliphatic heterocycles. The quantitative estimate of drug-likeness (QED) is 0.637. The summed E-state index contributed by atoms with van der Waals surface area (Å²) in [6.07, 6.45) is 9.63. The maximum absolute atomic E-state index is 12.4. The second-order valence-electron chi connectivity index (χ2n) is 6.20. The van der Waals surface area contributed by atoms with E-state index >= 15 is 0 Å². The van der Waals surface area contributed by atoms with Crippen molar-refractivity contribution in [2.75, 3.05) is 18.6 Å². The van der Waals surface area contributed by atoms with E-state index in [-0.39, 0.29) is 6.10 Å².